The molecule has 5 nitrogen and oxygen atoms in total. The van der Waals surface area contributed by atoms with Crippen molar-refractivity contribution in [3.05, 3.63) is 34.9 Å². The van der Waals surface area contributed by atoms with Gasteiger partial charge in [0.1, 0.15) is 6.07 Å². The molecule has 0 aliphatic carbocycles. The molecule has 20 heavy (non-hydrogen) atoms. The largest absolute Gasteiger partial charge is 0.478 e. The minimum Gasteiger partial charge on any atom is -0.478 e. The van der Waals surface area contributed by atoms with Crippen LogP contribution in [0.1, 0.15) is 34.3 Å². The van der Waals surface area contributed by atoms with Crippen molar-refractivity contribution in [2.24, 2.45) is 5.92 Å². The predicted octanol–water partition coefficient (Wildman–Crippen LogP) is 1.46. The third kappa shape index (κ3) is 3.35. The summed E-state index contributed by atoms with van der Waals surface area (Å²) in [5, 5.41) is 27.1. The molecule has 1 aromatic rings. The van der Waals surface area contributed by atoms with Crippen LogP contribution in [0.25, 0.3) is 0 Å². The topological polar surface area (TPSA) is 84.6 Å². The molecule has 0 saturated carbocycles. The van der Waals surface area contributed by atoms with Crippen molar-refractivity contribution < 1.29 is 15.0 Å². The van der Waals surface area contributed by atoms with E-state index in [9.17, 15) is 4.79 Å². The van der Waals surface area contributed by atoms with Crippen LogP contribution in [0.15, 0.2) is 18.2 Å². The summed E-state index contributed by atoms with van der Waals surface area (Å²) in [7, 11) is 0. The summed E-state index contributed by atoms with van der Waals surface area (Å²) in [6, 6.07) is 6.86. The average molecular weight is 274 g/mol. The monoisotopic (exact) mass is 274 g/mol. The summed E-state index contributed by atoms with van der Waals surface area (Å²) in [4.78, 5) is 13.2. The van der Waals surface area contributed by atoms with Gasteiger partial charge in [-0.15, -0.1) is 0 Å². The Morgan fingerprint density at radius 1 is 1.40 bits per heavy atom. The van der Waals surface area contributed by atoms with Crippen molar-refractivity contribution in [3.63, 3.8) is 0 Å². The summed E-state index contributed by atoms with van der Waals surface area (Å²) in [5.41, 5.74) is 1.21. The Morgan fingerprint density at radius 2 is 2.10 bits per heavy atom. The molecule has 1 fully saturated rings. The highest BCUT2D eigenvalue weighted by atomic mass is 16.4. The summed E-state index contributed by atoms with van der Waals surface area (Å²) >= 11 is 0. The van der Waals surface area contributed by atoms with Gasteiger partial charge in [-0.3, -0.25) is 4.90 Å². The molecule has 0 atom stereocenters. The molecule has 106 valence electrons. The second-order valence-corrected chi connectivity index (χ2v) is 5.20. The Labute approximate surface area is 118 Å². The molecule has 0 aromatic heterocycles. The first-order valence-corrected chi connectivity index (χ1v) is 6.73. The number of carbonyl (C=O) groups is 1. The molecule has 1 aliphatic rings. The number of aromatic carboxylic acids is 1. The fourth-order valence-electron chi connectivity index (χ4n) is 2.55. The zero-order valence-electron chi connectivity index (χ0n) is 11.2. The normalized spacial score (nSPS) is 16.8. The van der Waals surface area contributed by atoms with Crippen molar-refractivity contribution in [2.75, 3.05) is 19.7 Å². The van der Waals surface area contributed by atoms with E-state index in [0.717, 1.165) is 31.5 Å². The predicted molar refractivity (Wildman–Crippen MR) is 73.2 cm³/mol. The Balaban J connectivity index is 2.04. The molecule has 0 spiro atoms. The van der Waals surface area contributed by atoms with Crippen molar-refractivity contribution in [2.45, 2.75) is 19.4 Å². The van der Waals surface area contributed by atoms with Crippen LogP contribution in [0.5, 0.6) is 0 Å². The van der Waals surface area contributed by atoms with Gasteiger partial charge in [0.15, 0.2) is 0 Å². The number of hydrogen-bond acceptors (Lipinski definition) is 4. The average Bonchev–Trinajstić information content (AvgIpc) is 2.47. The first-order valence-electron chi connectivity index (χ1n) is 6.73. The molecule has 0 bridgehead atoms. The van der Waals surface area contributed by atoms with Crippen LogP contribution in [0.4, 0.5) is 0 Å². The standard InChI is InChI=1S/C15H18N2O3/c16-8-13-7-12(1-2-14(13)15(19)20)9-17-5-3-11(10-18)4-6-17/h1-2,7,11,18H,3-6,9-10H2,(H,19,20). The van der Waals surface area contributed by atoms with E-state index in [2.05, 4.69) is 4.90 Å². The summed E-state index contributed by atoms with van der Waals surface area (Å²) < 4.78 is 0. The lowest BCUT2D eigenvalue weighted by molar-refractivity contribution is 0.0696. The minimum absolute atomic E-state index is 0.0511. The molecule has 1 aromatic carbocycles. The van der Waals surface area contributed by atoms with E-state index < -0.39 is 5.97 Å². The maximum absolute atomic E-state index is 11.0. The number of hydrogen-bond donors (Lipinski definition) is 2. The SMILES string of the molecule is N#Cc1cc(CN2CCC(CO)CC2)ccc1C(=O)O. The smallest absolute Gasteiger partial charge is 0.337 e. The van der Waals surface area contributed by atoms with Crippen molar-refractivity contribution in [1.29, 1.82) is 5.26 Å². The number of likely N-dealkylation sites (tertiary alicyclic amines) is 1. The van der Waals surface area contributed by atoms with Gasteiger partial charge in [0.05, 0.1) is 11.1 Å². The Kier molecular flexibility index (Phi) is 4.72. The van der Waals surface area contributed by atoms with E-state index in [0.29, 0.717) is 12.5 Å². The third-order valence-corrected chi connectivity index (χ3v) is 3.81. The number of carboxylic acids is 1. The van der Waals surface area contributed by atoms with E-state index in [4.69, 9.17) is 15.5 Å². The molecule has 1 aliphatic heterocycles. The van der Waals surface area contributed by atoms with Gasteiger partial charge in [0.25, 0.3) is 0 Å². The van der Waals surface area contributed by atoms with Gasteiger partial charge in [-0.05, 0) is 49.5 Å². The number of benzene rings is 1. The van der Waals surface area contributed by atoms with Crippen LogP contribution in [-0.4, -0.2) is 40.8 Å². The van der Waals surface area contributed by atoms with Crippen LogP contribution in [0, 0.1) is 17.2 Å². The quantitative estimate of drug-likeness (QED) is 0.868. The first kappa shape index (κ1) is 14.5. The molecular weight excluding hydrogens is 256 g/mol. The van der Waals surface area contributed by atoms with E-state index in [1.165, 1.54) is 6.07 Å². The molecule has 0 unspecified atom stereocenters. The highest BCUT2D eigenvalue weighted by molar-refractivity contribution is 5.90. The fraction of sp³-hybridized carbons (Fsp3) is 0.467. The number of aliphatic hydroxyl groups excluding tert-OH is 1. The molecule has 5 heteroatoms. The molecule has 2 N–H and O–H groups in total. The van der Waals surface area contributed by atoms with Gasteiger partial charge in [0.2, 0.25) is 0 Å². The second kappa shape index (κ2) is 6.51. The van der Waals surface area contributed by atoms with Gasteiger partial charge in [-0.25, -0.2) is 4.79 Å². The fourth-order valence-corrected chi connectivity index (χ4v) is 2.55. The minimum atomic E-state index is -1.07. The number of piperidine rings is 1. The van der Waals surface area contributed by atoms with Crippen molar-refractivity contribution in [3.8, 4) is 6.07 Å². The summed E-state index contributed by atoms with van der Waals surface area (Å²) in [5.74, 6) is -0.674. The number of carboxylic acid groups (broad SMARTS) is 1. The Bertz CT molecular complexity index is 528. The number of rotatable bonds is 4. The molecule has 1 heterocycles. The van der Waals surface area contributed by atoms with E-state index in [1.54, 1.807) is 12.1 Å². The number of nitriles is 1. The summed E-state index contributed by atoms with van der Waals surface area (Å²) in [6.45, 7) is 2.81. The maximum atomic E-state index is 11.0. The zero-order valence-corrected chi connectivity index (χ0v) is 11.2. The van der Waals surface area contributed by atoms with E-state index in [1.807, 2.05) is 6.07 Å². The molecule has 1 saturated heterocycles. The van der Waals surface area contributed by atoms with Crippen LogP contribution < -0.4 is 0 Å². The highest BCUT2D eigenvalue weighted by Crippen LogP contribution is 2.19. The second-order valence-electron chi connectivity index (χ2n) is 5.20. The molecule has 0 amide bonds. The van der Waals surface area contributed by atoms with Crippen LogP contribution in [0.3, 0.4) is 0 Å². The van der Waals surface area contributed by atoms with Gasteiger partial charge in [-0.1, -0.05) is 6.07 Å². The lowest BCUT2D eigenvalue weighted by Gasteiger charge is -2.31. The van der Waals surface area contributed by atoms with Crippen LogP contribution in [0.2, 0.25) is 0 Å². The van der Waals surface area contributed by atoms with E-state index in [-0.39, 0.29) is 17.7 Å². The molecule has 2 rings (SSSR count). The summed E-state index contributed by atoms with van der Waals surface area (Å²) in [6.07, 6.45) is 1.96. The van der Waals surface area contributed by atoms with Gasteiger partial charge in [-0.2, -0.15) is 5.26 Å². The van der Waals surface area contributed by atoms with Crippen LogP contribution in [-0.2, 0) is 6.54 Å². The van der Waals surface area contributed by atoms with Gasteiger partial charge in [0, 0.05) is 13.2 Å². The van der Waals surface area contributed by atoms with Crippen molar-refractivity contribution in [1.82, 2.24) is 4.90 Å². The van der Waals surface area contributed by atoms with Crippen LogP contribution >= 0.6 is 0 Å². The first-order chi connectivity index (χ1) is 9.63. The van der Waals surface area contributed by atoms with Gasteiger partial charge < -0.3 is 10.2 Å². The third-order valence-electron chi connectivity index (χ3n) is 3.81. The maximum Gasteiger partial charge on any atom is 0.337 e. The Hall–Kier alpha value is -1.90. The van der Waals surface area contributed by atoms with Gasteiger partial charge >= 0.3 is 5.97 Å². The zero-order chi connectivity index (χ0) is 14.5. The Morgan fingerprint density at radius 3 is 2.65 bits per heavy atom. The van der Waals surface area contributed by atoms with E-state index >= 15 is 0 Å². The van der Waals surface area contributed by atoms with Crippen molar-refractivity contribution >= 4 is 5.97 Å². The molecule has 0 radical (unpaired) electrons. The molecular formula is C15H18N2O3. The highest BCUT2D eigenvalue weighted by Gasteiger charge is 2.19. The number of nitrogens with zero attached hydrogens (tertiary/aromatic N) is 2. The number of aliphatic hydroxyl groups is 1. The lowest BCUT2D eigenvalue weighted by Crippen LogP contribution is -2.34. The lowest BCUT2D eigenvalue weighted by atomic mass is 9.97.